The van der Waals surface area contributed by atoms with Crippen LogP contribution in [0.4, 0.5) is 5.69 Å². The van der Waals surface area contributed by atoms with Crippen LogP contribution in [0.25, 0.3) is 5.76 Å². The molecule has 1 atom stereocenters. The van der Waals surface area contributed by atoms with E-state index in [4.69, 9.17) is 21.1 Å². The topological polar surface area (TPSA) is 96.3 Å². The summed E-state index contributed by atoms with van der Waals surface area (Å²) < 4.78 is 11.3. The van der Waals surface area contributed by atoms with Crippen molar-refractivity contribution in [2.45, 2.75) is 19.9 Å². The molecule has 1 heterocycles. The van der Waals surface area contributed by atoms with Gasteiger partial charge >= 0.3 is 0 Å². The van der Waals surface area contributed by atoms with E-state index in [1.54, 1.807) is 48.5 Å². The van der Waals surface area contributed by atoms with E-state index < -0.39 is 17.7 Å². The molecular weight excluding hydrogens is 470 g/mol. The third kappa shape index (κ3) is 4.68. The number of aromatic hydroxyl groups is 1. The number of carbonyl (C=O) groups is 2. The van der Waals surface area contributed by atoms with Crippen molar-refractivity contribution in [3.63, 3.8) is 0 Å². The van der Waals surface area contributed by atoms with E-state index in [0.717, 1.165) is 0 Å². The molecule has 1 unspecified atom stereocenters. The Hall–Kier alpha value is -3.97. The molecule has 8 heteroatoms. The van der Waals surface area contributed by atoms with E-state index in [-0.39, 0.29) is 17.1 Å². The second-order valence-corrected chi connectivity index (χ2v) is 8.20. The molecule has 0 bridgehead atoms. The Bertz CT molecular complexity index is 1300. The summed E-state index contributed by atoms with van der Waals surface area (Å²) in [5, 5.41) is 21.3. The number of phenols is 1. The molecule has 0 aliphatic carbocycles. The van der Waals surface area contributed by atoms with Crippen LogP contribution in [0.2, 0.25) is 5.02 Å². The zero-order valence-electron chi connectivity index (χ0n) is 19.2. The van der Waals surface area contributed by atoms with Crippen LogP contribution < -0.4 is 14.4 Å². The van der Waals surface area contributed by atoms with Crippen molar-refractivity contribution in [1.29, 1.82) is 0 Å². The number of hydrogen-bond acceptors (Lipinski definition) is 6. The van der Waals surface area contributed by atoms with Gasteiger partial charge in [-0.2, -0.15) is 0 Å². The second kappa shape index (κ2) is 10.1. The summed E-state index contributed by atoms with van der Waals surface area (Å²) in [6.07, 6.45) is 0. The maximum atomic E-state index is 13.3. The first-order valence-electron chi connectivity index (χ1n) is 11.1. The van der Waals surface area contributed by atoms with Crippen molar-refractivity contribution in [1.82, 2.24) is 0 Å². The van der Waals surface area contributed by atoms with E-state index in [9.17, 15) is 19.8 Å². The minimum absolute atomic E-state index is 0.0280. The monoisotopic (exact) mass is 493 g/mol. The van der Waals surface area contributed by atoms with Gasteiger partial charge in [0, 0.05) is 22.3 Å². The fourth-order valence-corrected chi connectivity index (χ4v) is 4.24. The van der Waals surface area contributed by atoms with Crippen molar-refractivity contribution in [3.05, 3.63) is 88.5 Å². The molecule has 1 fully saturated rings. The highest BCUT2D eigenvalue weighted by atomic mass is 35.5. The largest absolute Gasteiger partial charge is 0.508 e. The fourth-order valence-electron chi connectivity index (χ4n) is 4.05. The number of ketones is 1. The number of rotatable bonds is 7. The lowest BCUT2D eigenvalue weighted by Crippen LogP contribution is -2.29. The minimum Gasteiger partial charge on any atom is -0.508 e. The molecule has 7 nitrogen and oxygen atoms in total. The van der Waals surface area contributed by atoms with Crippen molar-refractivity contribution in [3.8, 4) is 17.2 Å². The van der Waals surface area contributed by atoms with E-state index >= 15 is 0 Å². The number of carbonyl (C=O) groups excluding carboxylic acids is 2. The van der Waals surface area contributed by atoms with Gasteiger partial charge in [0.05, 0.1) is 24.8 Å². The average Bonchev–Trinajstić information content (AvgIpc) is 3.11. The SMILES string of the molecule is CCOc1ccc(N2C(=O)C(=O)/C(=C(/O)c3cccc(Cl)c3)C2c2ccc(O)cc2)cc1OCC. The van der Waals surface area contributed by atoms with E-state index in [2.05, 4.69) is 0 Å². The molecule has 0 radical (unpaired) electrons. The highest BCUT2D eigenvalue weighted by Gasteiger charge is 2.47. The number of halogens is 1. The number of phenolic OH excluding ortho intramolecular Hbond substituents is 1. The molecular formula is C27H24ClNO6. The molecule has 0 saturated carbocycles. The van der Waals surface area contributed by atoms with Gasteiger partial charge < -0.3 is 19.7 Å². The molecule has 0 aromatic heterocycles. The Kier molecular flexibility index (Phi) is 6.98. The number of nitrogens with zero attached hydrogens (tertiary/aromatic N) is 1. The second-order valence-electron chi connectivity index (χ2n) is 7.77. The molecule has 1 aliphatic rings. The number of benzene rings is 3. The smallest absolute Gasteiger partial charge is 0.300 e. The molecule has 35 heavy (non-hydrogen) atoms. The molecule has 180 valence electrons. The highest BCUT2D eigenvalue weighted by Crippen LogP contribution is 2.44. The van der Waals surface area contributed by atoms with E-state index in [0.29, 0.717) is 46.5 Å². The summed E-state index contributed by atoms with van der Waals surface area (Å²) in [6, 6.07) is 16.5. The van der Waals surface area contributed by atoms with Crippen LogP contribution in [0.3, 0.4) is 0 Å². The van der Waals surface area contributed by atoms with Gasteiger partial charge in [0.25, 0.3) is 11.7 Å². The first kappa shape index (κ1) is 24.2. The zero-order chi connectivity index (χ0) is 25.1. The van der Waals surface area contributed by atoms with Gasteiger partial charge in [-0.05, 0) is 55.8 Å². The molecule has 2 N–H and O–H groups in total. The average molecular weight is 494 g/mol. The van der Waals surface area contributed by atoms with Gasteiger partial charge in [-0.1, -0.05) is 35.9 Å². The fraction of sp³-hybridized carbons (Fsp3) is 0.185. The van der Waals surface area contributed by atoms with E-state index in [1.807, 2.05) is 13.8 Å². The first-order valence-corrected chi connectivity index (χ1v) is 11.5. The van der Waals surface area contributed by atoms with Crippen LogP contribution >= 0.6 is 11.6 Å². The zero-order valence-corrected chi connectivity index (χ0v) is 20.0. The quantitative estimate of drug-likeness (QED) is 0.257. The third-order valence-corrected chi connectivity index (χ3v) is 5.79. The van der Waals surface area contributed by atoms with Gasteiger partial charge in [0.15, 0.2) is 11.5 Å². The number of aliphatic hydroxyl groups is 1. The van der Waals surface area contributed by atoms with Gasteiger partial charge in [0.1, 0.15) is 11.5 Å². The number of ether oxygens (including phenoxy) is 2. The molecule has 3 aromatic rings. The Balaban J connectivity index is 1.92. The highest BCUT2D eigenvalue weighted by molar-refractivity contribution is 6.51. The van der Waals surface area contributed by atoms with Crippen LogP contribution in [-0.4, -0.2) is 35.1 Å². The Labute approximate surface area is 207 Å². The first-order chi connectivity index (χ1) is 16.8. The maximum Gasteiger partial charge on any atom is 0.300 e. The summed E-state index contributed by atoms with van der Waals surface area (Å²) in [5.41, 5.74) is 1.13. The summed E-state index contributed by atoms with van der Waals surface area (Å²) in [4.78, 5) is 27.9. The number of Topliss-reactive ketones (excluding diaryl/α,β-unsaturated/α-hetero) is 1. The van der Waals surface area contributed by atoms with Crippen molar-refractivity contribution in [2.24, 2.45) is 0 Å². The molecule has 3 aromatic carbocycles. The minimum atomic E-state index is -0.956. The van der Waals surface area contributed by atoms with Crippen LogP contribution in [0.5, 0.6) is 17.2 Å². The van der Waals surface area contributed by atoms with Crippen molar-refractivity contribution in [2.75, 3.05) is 18.1 Å². The Morgan fingerprint density at radius 3 is 2.29 bits per heavy atom. The van der Waals surface area contributed by atoms with Gasteiger partial charge in [-0.3, -0.25) is 14.5 Å². The van der Waals surface area contributed by atoms with Crippen LogP contribution in [0, 0.1) is 0 Å². The number of amides is 1. The molecule has 0 spiro atoms. The van der Waals surface area contributed by atoms with Gasteiger partial charge in [-0.25, -0.2) is 0 Å². The molecule has 1 saturated heterocycles. The number of anilines is 1. The predicted molar refractivity (Wildman–Crippen MR) is 133 cm³/mol. The van der Waals surface area contributed by atoms with Gasteiger partial charge in [0.2, 0.25) is 0 Å². The summed E-state index contributed by atoms with van der Waals surface area (Å²) in [6.45, 7) is 4.48. The lowest BCUT2D eigenvalue weighted by atomic mass is 9.95. The summed E-state index contributed by atoms with van der Waals surface area (Å²) in [5.74, 6) is -1.03. The Morgan fingerprint density at radius 1 is 0.943 bits per heavy atom. The van der Waals surface area contributed by atoms with Crippen LogP contribution in [0.15, 0.2) is 72.3 Å². The maximum absolute atomic E-state index is 13.3. The molecule has 1 amide bonds. The lowest BCUT2D eigenvalue weighted by molar-refractivity contribution is -0.132. The lowest BCUT2D eigenvalue weighted by Gasteiger charge is -2.26. The Morgan fingerprint density at radius 2 is 1.63 bits per heavy atom. The summed E-state index contributed by atoms with van der Waals surface area (Å²) in [7, 11) is 0. The van der Waals surface area contributed by atoms with Crippen LogP contribution in [-0.2, 0) is 9.59 Å². The molecule has 1 aliphatic heterocycles. The predicted octanol–water partition coefficient (Wildman–Crippen LogP) is 5.47. The number of hydrogen-bond donors (Lipinski definition) is 2. The van der Waals surface area contributed by atoms with Gasteiger partial charge in [-0.15, -0.1) is 0 Å². The normalized spacial score (nSPS) is 17.0. The standard InChI is InChI=1S/C27H24ClNO6/c1-3-34-21-13-10-19(15-22(21)35-4-2)29-24(16-8-11-20(30)12-9-16)23(26(32)27(29)33)25(31)17-6-5-7-18(28)14-17/h5-15,24,30-31H,3-4H2,1-2H3/b25-23+. The molecule has 4 rings (SSSR count). The number of aliphatic hydroxyl groups excluding tert-OH is 1. The van der Waals surface area contributed by atoms with E-state index in [1.165, 1.54) is 23.1 Å². The van der Waals surface area contributed by atoms with Crippen LogP contribution in [0.1, 0.15) is 31.0 Å². The van der Waals surface area contributed by atoms with Crippen molar-refractivity contribution >= 4 is 34.7 Å². The third-order valence-electron chi connectivity index (χ3n) is 5.56. The van der Waals surface area contributed by atoms with Crippen molar-refractivity contribution < 1.29 is 29.3 Å². The summed E-state index contributed by atoms with van der Waals surface area (Å²) >= 11 is 6.09.